The Morgan fingerprint density at radius 2 is 1.33 bits per heavy atom. The quantitative estimate of drug-likeness (QED) is 0.642. The van der Waals surface area contributed by atoms with Crippen LogP contribution in [-0.2, 0) is 14.3 Å². The number of carbonyl (C=O) groups excluding carboxylic acids is 2. The van der Waals surface area contributed by atoms with Gasteiger partial charge in [-0.05, 0) is 23.3 Å². The Bertz CT molecular complexity index is 900. The second kappa shape index (κ2) is 12.9. The zero-order chi connectivity index (χ0) is 23.5. The van der Waals surface area contributed by atoms with Gasteiger partial charge in [-0.25, -0.2) is 0 Å². The van der Waals surface area contributed by atoms with Crippen LogP contribution in [0, 0.1) is 0 Å². The van der Waals surface area contributed by atoms with E-state index < -0.39 is 0 Å². The fraction of sp³-hybridized carbons (Fsp3) is 0.357. The summed E-state index contributed by atoms with van der Waals surface area (Å²) in [6.45, 7) is 8.60. The van der Waals surface area contributed by atoms with Gasteiger partial charge >= 0.3 is 0 Å². The van der Waals surface area contributed by atoms with Crippen molar-refractivity contribution >= 4 is 23.8 Å². The van der Waals surface area contributed by atoms with Crippen molar-refractivity contribution in [2.24, 2.45) is 0 Å². The first kappa shape index (κ1) is 24.6. The summed E-state index contributed by atoms with van der Waals surface area (Å²) in [5.74, 6) is 0.0989. The van der Waals surface area contributed by atoms with Crippen LogP contribution in [0.3, 0.4) is 0 Å². The molecule has 2 heterocycles. The number of nitrogens with zero attached hydrogens (tertiary/aromatic N) is 2. The Balaban J connectivity index is 0.00000149. The summed E-state index contributed by atoms with van der Waals surface area (Å²) in [7, 11) is 0. The second-order valence-corrected chi connectivity index (χ2v) is 7.94. The van der Waals surface area contributed by atoms with Crippen LogP contribution in [0.2, 0.25) is 0 Å². The van der Waals surface area contributed by atoms with Gasteiger partial charge in [0.15, 0.2) is 5.78 Å². The molecular formula is C28H34N2O3. The third-order valence-electron chi connectivity index (χ3n) is 5.68. The van der Waals surface area contributed by atoms with Gasteiger partial charge in [0.1, 0.15) is 0 Å². The number of benzene rings is 2. The van der Waals surface area contributed by atoms with Crippen LogP contribution in [0.1, 0.15) is 31.4 Å². The van der Waals surface area contributed by atoms with Crippen LogP contribution in [0.15, 0.2) is 71.8 Å². The molecule has 0 aromatic heterocycles. The average Bonchev–Trinajstić information content (AvgIpc) is 2.88. The molecule has 2 fully saturated rings. The maximum atomic E-state index is 13.2. The fourth-order valence-corrected chi connectivity index (χ4v) is 3.95. The number of amides is 1. The first-order chi connectivity index (χ1) is 16.2. The van der Waals surface area contributed by atoms with Crippen molar-refractivity contribution in [1.29, 1.82) is 0 Å². The molecule has 0 saturated carbocycles. The highest BCUT2D eigenvalue weighted by Crippen LogP contribution is 2.23. The molecule has 1 amide bonds. The van der Waals surface area contributed by atoms with Crippen LogP contribution in [0.5, 0.6) is 0 Å². The fourth-order valence-electron chi connectivity index (χ4n) is 3.95. The lowest BCUT2D eigenvalue weighted by atomic mass is 9.94. The summed E-state index contributed by atoms with van der Waals surface area (Å²) in [4.78, 5) is 30.3. The zero-order valence-electron chi connectivity index (χ0n) is 19.7. The number of ketones is 1. The lowest BCUT2D eigenvalue weighted by molar-refractivity contribution is -0.131. The SMILES string of the molecule is CC.O=C1/C(=C/c2ccccc2)CN(C(=O)CCN2CCOCC2)C/C1=C\c1ccccc1. The van der Waals surface area contributed by atoms with Crippen LogP contribution in [0.4, 0.5) is 0 Å². The van der Waals surface area contributed by atoms with E-state index in [4.69, 9.17) is 4.74 Å². The van der Waals surface area contributed by atoms with Crippen LogP contribution < -0.4 is 0 Å². The molecule has 174 valence electrons. The molecule has 5 heteroatoms. The minimum Gasteiger partial charge on any atom is -0.379 e. The maximum Gasteiger partial charge on any atom is 0.224 e. The van der Waals surface area contributed by atoms with Crippen molar-refractivity contribution in [3.8, 4) is 0 Å². The number of ether oxygens (including phenoxy) is 1. The summed E-state index contributed by atoms with van der Waals surface area (Å²) in [5.41, 5.74) is 3.23. The number of hydrogen-bond acceptors (Lipinski definition) is 4. The topological polar surface area (TPSA) is 49.9 Å². The van der Waals surface area contributed by atoms with E-state index in [1.807, 2.05) is 91.6 Å². The maximum absolute atomic E-state index is 13.2. The number of carbonyl (C=O) groups is 2. The molecule has 2 aliphatic rings. The molecule has 0 atom stereocenters. The smallest absolute Gasteiger partial charge is 0.224 e. The Morgan fingerprint density at radius 3 is 1.82 bits per heavy atom. The number of hydrogen-bond donors (Lipinski definition) is 0. The van der Waals surface area contributed by atoms with Gasteiger partial charge in [-0.15, -0.1) is 0 Å². The number of piperidine rings is 1. The Labute approximate surface area is 197 Å². The third kappa shape index (κ3) is 7.24. The first-order valence-corrected chi connectivity index (χ1v) is 11.8. The molecule has 0 bridgehead atoms. The Morgan fingerprint density at radius 1 is 0.848 bits per heavy atom. The second-order valence-electron chi connectivity index (χ2n) is 7.94. The van der Waals surface area contributed by atoms with Gasteiger partial charge in [0.05, 0.1) is 13.2 Å². The van der Waals surface area contributed by atoms with E-state index in [1.54, 1.807) is 0 Å². The van der Waals surface area contributed by atoms with Gasteiger partial charge in [0, 0.05) is 50.3 Å². The molecule has 5 nitrogen and oxygen atoms in total. The molecule has 0 aliphatic carbocycles. The van der Waals surface area contributed by atoms with Gasteiger partial charge < -0.3 is 9.64 Å². The monoisotopic (exact) mass is 446 g/mol. The van der Waals surface area contributed by atoms with Gasteiger partial charge in [0.25, 0.3) is 0 Å². The highest BCUT2D eigenvalue weighted by Gasteiger charge is 2.29. The number of morpholine rings is 1. The standard InChI is InChI=1S/C26H28N2O3.C2H6/c29-25(11-12-27-13-15-31-16-14-27)28-19-23(17-21-7-3-1-4-8-21)26(30)24(20-28)18-22-9-5-2-6-10-22;1-2/h1-10,17-18H,11-16,19-20H2;1-2H3/b23-17+,24-18+;. The lowest BCUT2D eigenvalue weighted by Crippen LogP contribution is -2.44. The first-order valence-electron chi connectivity index (χ1n) is 11.8. The molecule has 2 aliphatic heterocycles. The van der Waals surface area contributed by atoms with E-state index in [0.717, 1.165) is 44.0 Å². The molecule has 0 N–H and O–H groups in total. The van der Waals surface area contributed by atoms with Crippen molar-refractivity contribution in [2.75, 3.05) is 45.9 Å². The third-order valence-corrected chi connectivity index (χ3v) is 5.68. The minimum absolute atomic E-state index is 0.0185. The Hall–Kier alpha value is -3.02. The van der Waals surface area contributed by atoms with Crippen molar-refractivity contribution in [2.45, 2.75) is 20.3 Å². The van der Waals surface area contributed by atoms with Crippen molar-refractivity contribution in [1.82, 2.24) is 9.80 Å². The van der Waals surface area contributed by atoms with Crippen molar-refractivity contribution in [3.05, 3.63) is 82.9 Å². The molecular weight excluding hydrogens is 412 g/mol. The van der Waals surface area contributed by atoms with E-state index in [9.17, 15) is 9.59 Å². The molecule has 2 aromatic rings. The summed E-state index contributed by atoms with van der Waals surface area (Å²) in [6, 6.07) is 19.6. The van der Waals surface area contributed by atoms with Crippen LogP contribution in [-0.4, -0.2) is 67.4 Å². The van der Waals surface area contributed by atoms with E-state index in [1.165, 1.54) is 0 Å². The normalized spacial score (nSPS) is 19.3. The number of likely N-dealkylation sites (tertiary alicyclic amines) is 1. The highest BCUT2D eigenvalue weighted by atomic mass is 16.5. The summed E-state index contributed by atoms with van der Waals surface area (Å²) < 4.78 is 5.39. The predicted octanol–water partition coefficient (Wildman–Crippen LogP) is 4.31. The van der Waals surface area contributed by atoms with Crippen molar-refractivity contribution in [3.63, 3.8) is 0 Å². The average molecular weight is 447 g/mol. The molecule has 0 spiro atoms. The summed E-state index contributed by atoms with van der Waals surface area (Å²) in [5, 5.41) is 0. The number of rotatable bonds is 5. The van der Waals surface area contributed by atoms with E-state index >= 15 is 0 Å². The molecule has 0 radical (unpaired) electrons. The van der Waals surface area contributed by atoms with Gasteiger partial charge in [-0.3, -0.25) is 14.5 Å². The summed E-state index contributed by atoms with van der Waals surface area (Å²) in [6.07, 6.45) is 4.26. The van der Waals surface area contributed by atoms with Crippen molar-refractivity contribution < 1.29 is 14.3 Å². The van der Waals surface area contributed by atoms with E-state index in [2.05, 4.69) is 4.90 Å². The highest BCUT2D eigenvalue weighted by molar-refractivity contribution is 6.15. The predicted molar refractivity (Wildman–Crippen MR) is 134 cm³/mol. The lowest BCUT2D eigenvalue weighted by Gasteiger charge is -2.31. The molecule has 0 unspecified atom stereocenters. The van der Waals surface area contributed by atoms with Gasteiger partial charge in [-0.2, -0.15) is 0 Å². The van der Waals surface area contributed by atoms with E-state index in [0.29, 0.717) is 30.7 Å². The largest absolute Gasteiger partial charge is 0.379 e. The van der Waals surface area contributed by atoms with Gasteiger partial charge in [0.2, 0.25) is 5.91 Å². The molecule has 2 aromatic carbocycles. The zero-order valence-corrected chi connectivity index (χ0v) is 19.7. The molecule has 33 heavy (non-hydrogen) atoms. The Kier molecular flexibility index (Phi) is 9.60. The van der Waals surface area contributed by atoms with E-state index in [-0.39, 0.29) is 11.7 Å². The number of Topliss-reactive ketones (excluding diaryl/α,β-unsaturated/α-hetero) is 1. The molecule has 2 saturated heterocycles. The molecule has 4 rings (SSSR count). The minimum atomic E-state index is 0.0185. The summed E-state index contributed by atoms with van der Waals surface area (Å²) >= 11 is 0. The van der Waals surface area contributed by atoms with Crippen LogP contribution in [0.25, 0.3) is 12.2 Å². The van der Waals surface area contributed by atoms with Gasteiger partial charge in [-0.1, -0.05) is 74.5 Å². The van der Waals surface area contributed by atoms with Crippen LogP contribution >= 0.6 is 0 Å².